The fourth-order valence-electron chi connectivity index (χ4n) is 2.69. The highest BCUT2D eigenvalue weighted by molar-refractivity contribution is 5.81. The first-order valence-corrected chi connectivity index (χ1v) is 6.93. The van der Waals surface area contributed by atoms with Crippen molar-refractivity contribution in [1.29, 1.82) is 0 Å². The van der Waals surface area contributed by atoms with Gasteiger partial charge in [-0.2, -0.15) is 0 Å². The molecule has 17 heavy (non-hydrogen) atoms. The summed E-state index contributed by atoms with van der Waals surface area (Å²) in [5.74, 6) is 0.474. The number of esters is 1. The van der Waals surface area contributed by atoms with Crippen LogP contribution in [0.25, 0.3) is 0 Å². The summed E-state index contributed by atoms with van der Waals surface area (Å²) in [6.07, 6.45) is 10.4. The highest BCUT2D eigenvalue weighted by Crippen LogP contribution is 2.36. The normalized spacial score (nSPS) is 19.0. The van der Waals surface area contributed by atoms with Gasteiger partial charge >= 0.3 is 5.97 Å². The molecule has 0 heterocycles. The van der Waals surface area contributed by atoms with Crippen molar-refractivity contribution < 1.29 is 9.53 Å². The summed E-state index contributed by atoms with van der Waals surface area (Å²) in [5, 5.41) is 0. The summed E-state index contributed by atoms with van der Waals surface area (Å²) >= 11 is 0. The van der Waals surface area contributed by atoms with E-state index in [1.54, 1.807) is 0 Å². The molecule has 98 valence electrons. The Morgan fingerprint density at radius 2 is 2.00 bits per heavy atom. The third kappa shape index (κ3) is 4.93. The van der Waals surface area contributed by atoms with E-state index in [4.69, 9.17) is 4.74 Å². The molecule has 0 radical (unpaired) electrons. The van der Waals surface area contributed by atoms with Crippen LogP contribution in [0.3, 0.4) is 0 Å². The lowest BCUT2D eigenvalue weighted by Gasteiger charge is -2.36. The summed E-state index contributed by atoms with van der Waals surface area (Å²) in [6, 6.07) is 0. The number of ether oxygens (including phenoxy) is 1. The first-order valence-electron chi connectivity index (χ1n) is 6.93. The number of rotatable bonds is 6. The maximum atomic E-state index is 11.4. The Hall–Kier alpha value is -0.790. The van der Waals surface area contributed by atoms with Gasteiger partial charge in [-0.15, -0.1) is 0 Å². The Bertz CT molecular complexity index is 250. The molecule has 1 aliphatic carbocycles. The van der Waals surface area contributed by atoms with Crippen molar-refractivity contribution >= 4 is 5.97 Å². The van der Waals surface area contributed by atoms with Gasteiger partial charge in [-0.1, -0.05) is 33.3 Å². The van der Waals surface area contributed by atoms with Gasteiger partial charge in [0, 0.05) is 6.08 Å². The van der Waals surface area contributed by atoms with Crippen molar-refractivity contribution in [3.63, 3.8) is 0 Å². The Kier molecular flexibility index (Phi) is 5.73. The van der Waals surface area contributed by atoms with E-state index < -0.39 is 0 Å². The smallest absolute Gasteiger partial charge is 0.330 e. The lowest BCUT2D eigenvalue weighted by molar-refractivity contribution is -0.158. The lowest BCUT2D eigenvalue weighted by atomic mass is 9.80. The van der Waals surface area contributed by atoms with Gasteiger partial charge < -0.3 is 4.74 Å². The van der Waals surface area contributed by atoms with Crippen molar-refractivity contribution in [1.82, 2.24) is 0 Å². The van der Waals surface area contributed by atoms with Gasteiger partial charge in [0.25, 0.3) is 0 Å². The van der Waals surface area contributed by atoms with Crippen molar-refractivity contribution in [2.45, 2.75) is 70.8 Å². The average Bonchev–Trinajstić information content (AvgIpc) is 2.29. The zero-order chi connectivity index (χ0) is 12.7. The predicted octanol–water partition coefficient (Wildman–Crippen LogP) is 4.24. The first kappa shape index (κ1) is 14.3. The Morgan fingerprint density at radius 3 is 2.53 bits per heavy atom. The number of carbonyl (C=O) groups is 1. The fraction of sp³-hybridized carbons (Fsp3) is 0.800. The Labute approximate surface area is 105 Å². The molecule has 2 nitrogen and oxygen atoms in total. The van der Waals surface area contributed by atoms with E-state index >= 15 is 0 Å². The molecule has 1 aliphatic rings. The van der Waals surface area contributed by atoms with Gasteiger partial charge in [0.05, 0.1) is 0 Å². The van der Waals surface area contributed by atoms with Gasteiger partial charge in [0.2, 0.25) is 0 Å². The quantitative estimate of drug-likeness (QED) is 0.511. The van der Waals surface area contributed by atoms with Gasteiger partial charge in [0.1, 0.15) is 5.60 Å². The van der Waals surface area contributed by atoms with Crippen LogP contribution in [0, 0.1) is 5.92 Å². The topological polar surface area (TPSA) is 26.3 Å². The Morgan fingerprint density at radius 1 is 1.35 bits per heavy atom. The van der Waals surface area contributed by atoms with E-state index in [0.717, 1.165) is 31.6 Å². The van der Waals surface area contributed by atoms with Gasteiger partial charge in [-0.25, -0.2) is 4.79 Å². The summed E-state index contributed by atoms with van der Waals surface area (Å²) < 4.78 is 5.65. The molecule has 1 saturated carbocycles. The molecular weight excluding hydrogens is 212 g/mol. The molecule has 0 bridgehead atoms. The molecule has 0 N–H and O–H groups in total. The van der Waals surface area contributed by atoms with Gasteiger partial charge in [-0.05, 0) is 44.4 Å². The fourth-order valence-corrected chi connectivity index (χ4v) is 2.69. The molecule has 1 fully saturated rings. The molecule has 0 aliphatic heterocycles. The average molecular weight is 238 g/mol. The summed E-state index contributed by atoms with van der Waals surface area (Å²) in [6.45, 7) is 7.97. The van der Waals surface area contributed by atoms with Gasteiger partial charge in [0.15, 0.2) is 0 Å². The molecule has 2 heteroatoms. The number of carbonyl (C=O) groups excluding carboxylic acids is 1. The van der Waals surface area contributed by atoms with Gasteiger partial charge in [-0.3, -0.25) is 0 Å². The van der Waals surface area contributed by atoms with Crippen LogP contribution in [-0.2, 0) is 9.53 Å². The second kappa shape index (κ2) is 6.83. The summed E-state index contributed by atoms with van der Waals surface area (Å²) in [7, 11) is 0. The maximum Gasteiger partial charge on any atom is 0.330 e. The van der Waals surface area contributed by atoms with Crippen LogP contribution < -0.4 is 0 Å². The predicted molar refractivity (Wildman–Crippen MR) is 70.8 cm³/mol. The van der Waals surface area contributed by atoms with E-state index in [0.29, 0.717) is 0 Å². The maximum absolute atomic E-state index is 11.4. The molecule has 0 amide bonds. The second-order valence-corrected chi connectivity index (χ2v) is 5.65. The van der Waals surface area contributed by atoms with Crippen molar-refractivity contribution in [2.75, 3.05) is 0 Å². The van der Waals surface area contributed by atoms with Crippen LogP contribution in [0.5, 0.6) is 0 Å². The van der Waals surface area contributed by atoms with E-state index in [1.807, 2.05) is 0 Å². The summed E-state index contributed by atoms with van der Waals surface area (Å²) in [4.78, 5) is 11.4. The third-order valence-corrected chi connectivity index (χ3v) is 3.66. The zero-order valence-corrected chi connectivity index (χ0v) is 11.3. The Balaban J connectivity index is 2.51. The molecule has 0 saturated heterocycles. The standard InChI is InChI=1S/C15H26O2/c1-4-14(16)17-15(10-6-5-7-11-15)12-8-9-13(2)3/h4,13H,1,5-12H2,2-3H3. The molecule has 0 aromatic heterocycles. The minimum absolute atomic E-state index is 0.182. The van der Waals surface area contributed by atoms with E-state index in [2.05, 4.69) is 20.4 Å². The largest absolute Gasteiger partial charge is 0.456 e. The molecular formula is C15H26O2. The van der Waals surface area contributed by atoms with Crippen LogP contribution >= 0.6 is 0 Å². The van der Waals surface area contributed by atoms with Crippen molar-refractivity contribution in [2.24, 2.45) is 5.92 Å². The third-order valence-electron chi connectivity index (χ3n) is 3.66. The monoisotopic (exact) mass is 238 g/mol. The highest BCUT2D eigenvalue weighted by atomic mass is 16.6. The molecule has 0 aromatic carbocycles. The second-order valence-electron chi connectivity index (χ2n) is 5.65. The molecule has 0 atom stereocenters. The van der Waals surface area contributed by atoms with Crippen LogP contribution in [0.15, 0.2) is 12.7 Å². The van der Waals surface area contributed by atoms with Crippen molar-refractivity contribution in [3.05, 3.63) is 12.7 Å². The first-order chi connectivity index (χ1) is 8.08. The highest BCUT2D eigenvalue weighted by Gasteiger charge is 2.34. The van der Waals surface area contributed by atoms with Crippen molar-refractivity contribution in [3.8, 4) is 0 Å². The number of hydrogen-bond acceptors (Lipinski definition) is 2. The molecule has 0 unspecified atom stereocenters. The SMILES string of the molecule is C=CC(=O)OC1(CCCC(C)C)CCCCC1. The molecule has 0 aromatic rings. The number of hydrogen-bond donors (Lipinski definition) is 0. The minimum Gasteiger partial charge on any atom is -0.456 e. The van der Waals surface area contributed by atoms with E-state index in [9.17, 15) is 4.79 Å². The molecule has 0 spiro atoms. The van der Waals surface area contributed by atoms with E-state index in [-0.39, 0.29) is 11.6 Å². The van der Waals surface area contributed by atoms with Crippen LogP contribution in [-0.4, -0.2) is 11.6 Å². The van der Waals surface area contributed by atoms with Crippen LogP contribution in [0.4, 0.5) is 0 Å². The zero-order valence-electron chi connectivity index (χ0n) is 11.3. The molecule has 1 rings (SSSR count). The van der Waals surface area contributed by atoms with E-state index in [1.165, 1.54) is 31.8 Å². The van der Waals surface area contributed by atoms with Crippen LogP contribution in [0.2, 0.25) is 0 Å². The van der Waals surface area contributed by atoms with Crippen LogP contribution in [0.1, 0.15) is 65.2 Å². The minimum atomic E-state index is -0.253. The summed E-state index contributed by atoms with van der Waals surface area (Å²) in [5.41, 5.74) is -0.182. The lowest BCUT2D eigenvalue weighted by Crippen LogP contribution is -2.37.